The molecule has 0 saturated carbocycles. The fourth-order valence-corrected chi connectivity index (χ4v) is 8.80. The first-order valence-corrected chi connectivity index (χ1v) is 17.0. The molecule has 0 unspecified atom stereocenters. The van der Waals surface area contributed by atoms with Crippen LogP contribution in [-0.4, -0.2) is 19.5 Å². The minimum atomic E-state index is 0.236. The first-order chi connectivity index (χ1) is 22.3. The Bertz CT molecular complexity index is 2490. The van der Waals surface area contributed by atoms with Crippen LogP contribution in [0.5, 0.6) is 0 Å². The van der Waals surface area contributed by atoms with Crippen LogP contribution in [0, 0.1) is 0 Å². The molecule has 210 valence electrons. The second-order valence-electron chi connectivity index (χ2n) is 11.6. The van der Waals surface area contributed by atoms with Crippen LogP contribution in [-0.2, 0) is 0 Å². The molecule has 0 amide bonds. The number of fused-ring (bicyclic) bond motifs is 7. The minimum absolute atomic E-state index is 0.236. The molecule has 0 radical (unpaired) electrons. The Morgan fingerprint density at radius 3 is 1.36 bits per heavy atom. The molecule has 2 heteroatoms. The van der Waals surface area contributed by atoms with E-state index in [2.05, 4.69) is 157 Å². The second-order valence-corrected chi connectivity index (χ2v) is 13.8. The van der Waals surface area contributed by atoms with E-state index in [1.807, 2.05) is 12.3 Å². The van der Waals surface area contributed by atoms with Gasteiger partial charge in [-0.05, 0) is 32.3 Å². The van der Waals surface area contributed by atoms with E-state index in [9.17, 15) is 0 Å². The first-order valence-electron chi connectivity index (χ1n) is 15.3. The quantitative estimate of drug-likeness (QED) is 0.138. The van der Waals surface area contributed by atoms with Crippen molar-refractivity contribution in [1.29, 1.82) is 0 Å². The summed E-state index contributed by atoms with van der Waals surface area (Å²) in [6.45, 7) is 0. The van der Waals surface area contributed by atoms with Gasteiger partial charge < -0.3 is 0 Å². The van der Waals surface area contributed by atoms with Crippen molar-refractivity contribution in [2.75, 3.05) is 0 Å². The van der Waals surface area contributed by atoms with Crippen molar-refractivity contribution in [3.63, 3.8) is 0 Å². The van der Waals surface area contributed by atoms with Crippen LogP contribution >= 0.6 is 0 Å². The fourth-order valence-electron chi connectivity index (χ4n) is 6.71. The number of rotatable bonds is 4. The van der Waals surface area contributed by atoms with Crippen LogP contribution in [0.1, 0.15) is 0 Å². The summed E-state index contributed by atoms with van der Waals surface area (Å²) in [7, 11) is 0. The molecule has 0 spiro atoms. The van der Waals surface area contributed by atoms with E-state index in [1.54, 1.807) is 0 Å². The van der Waals surface area contributed by atoms with Crippen LogP contribution in [0.25, 0.3) is 85.5 Å². The van der Waals surface area contributed by atoms with E-state index in [-0.39, 0.29) is 14.5 Å². The Kier molecular flexibility index (Phi) is 6.23. The Morgan fingerprint density at radius 1 is 0.333 bits per heavy atom. The van der Waals surface area contributed by atoms with E-state index in [0.717, 1.165) is 0 Å². The van der Waals surface area contributed by atoms with Crippen LogP contribution in [0.15, 0.2) is 164 Å². The summed E-state index contributed by atoms with van der Waals surface area (Å²) in [5.41, 5.74) is 8.65. The molecule has 0 saturated heterocycles. The van der Waals surface area contributed by atoms with Crippen molar-refractivity contribution in [3.05, 3.63) is 164 Å². The molecular weight excluding hydrogens is 609 g/mol. The summed E-state index contributed by atoms with van der Waals surface area (Å²) >= 11 is 0.236. The van der Waals surface area contributed by atoms with Gasteiger partial charge in [0.25, 0.3) is 0 Å². The molecule has 7 aromatic carbocycles. The number of nitrogens with zero attached hydrogens (tertiary/aromatic N) is 1. The molecule has 0 bridgehead atoms. The molecular formula is C43H27NSe. The summed E-state index contributed by atoms with van der Waals surface area (Å²) < 4.78 is 2.61. The van der Waals surface area contributed by atoms with Gasteiger partial charge in [-0.3, -0.25) is 0 Å². The van der Waals surface area contributed by atoms with Crippen LogP contribution in [0.3, 0.4) is 0 Å². The molecule has 0 N–H and O–H groups in total. The summed E-state index contributed by atoms with van der Waals surface area (Å²) in [4.78, 5) is 4.61. The molecule has 2 heterocycles. The standard InChI is InChI=1S/C43H27NSe/c1-2-18-38-36(16-1)37-17-3-4-19-39(37)41-26-33(20-21-40(38)41)31-12-6-10-29(24-31)28-9-5-11-30(23-28)32-13-7-14-34(25-32)42-27-35-15-8-22-44-43(35)45-42/h1-27H. The SMILES string of the molecule is c1cc(-c2cccc(-c3ccc4c5ccccc5c5ccccc5c4c3)c2)cc(-c2cccc(-c3cc4cccnc4[se]3)c2)c1. The van der Waals surface area contributed by atoms with Gasteiger partial charge in [0.05, 0.1) is 0 Å². The number of benzene rings is 7. The van der Waals surface area contributed by atoms with Crippen molar-refractivity contribution in [3.8, 4) is 43.4 Å². The van der Waals surface area contributed by atoms with Crippen molar-refractivity contribution in [2.24, 2.45) is 0 Å². The average molecular weight is 637 g/mol. The monoisotopic (exact) mass is 637 g/mol. The summed E-state index contributed by atoms with van der Waals surface area (Å²) in [5, 5.41) is 9.07. The Morgan fingerprint density at radius 2 is 0.800 bits per heavy atom. The summed E-state index contributed by atoms with van der Waals surface area (Å²) in [6.07, 6.45) is 1.90. The topological polar surface area (TPSA) is 12.9 Å². The van der Waals surface area contributed by atoms with Crippen molar-refractivity contribution < 1.29 is 0 Å². The molecule has 0 aliphatic heterocycles. The van der Waals surface area contributed by atoms with E-state index in [0.29, 0.717) is 0 Å². The third-order valence-corrected chi connectivity index (χ3v) is 11.2. The normalized spacial score (nSPS) is 11.6. The van der Waals surface area contributed by atoms with Gasteiger partial charge in [-0.2, -0.15) is 0 Å². The molecule has 45 heavy (non-hydrogen) atoms. The molecule has 9 aromatic rings. The third kappa shape index (κ3) is 4.59. The van der Waals surface area contributed by atoms with Gasteiger partial charge in [-0.25, -0.2) is 0 Å². The van der Waals surface area contributed by atoms with Gasteiger partial charge in [-0.1, -0.05) is 54.6 Å². The third-order valence-electron chi connectivity index (χ3n) is 8.91. The van der Waals surface area contributed by atoms with E-state index >= 15 is 0 Å². The maximum absolute atomic E-state index is 4.61. The van der Waals surface area contributed by atoms with Crippen LogP contribution in [0.2, 0.25) is 0 Å². The molecule has 0 aliphatic rings. The Hall–Kier alpha value is -5.27. The van der Waals surface area contributed by atoms with Gasteiger partial charge in [0.15, 0.2) is 0 Å². The number of pyridine rings is 1. The molecule has 2 aromatic heterocycles. The number of aromatic nitrogens is 1. The summed E-state index contributed by atoms with van der Waals surface area (Å²) in [6, 6.07) is 57.8. The van der Waals surface area contributed by atoms with E-state index in [4.69, 9.17) is 0 Å². The molecule has 1 nitrogen and oxygen atoms in total. The average Bonchev–Trinajstić information content (AvgIpc) is 3.57. The predicted octanol–water partition coefficient (Wildman–Crippen LogP) is 11.4. The summed E-state index contributed by atoms with van der Waals surface area (Å²) in [5.74, 6) is 0. The number of hydrogen-bond acceptors (Lipinski definition) is 1. The van der Waals surface area contributed by atoms with Gasteiger partial charge in [-0.15, -0.1) is 0 Å². The molecule has 0 aliphatic carbocycles. The second kappa shape index (κ2) is 10.7. The Labute approximate surface area is 267 Å². The van der Waals surface area contributed by atoms with Crippen molar-refractivity contribution in [2.45, 2.75) is 0 Å². The molecule has 9 rings (SSSR count). The van der Waals surface area contributed by atoms with Gasteiger partial charge in [0, 0.05) is 0 Å². The Balaban J connectivity index is 1.10. The molecule has 0 atom stereocenters. The fraction of sp³-hybridized carbons (Fsp3) is 0. The van der Waals surface area contributed by atoms with Gasteiger partial charge >= 0.3 is 182 Å². The van der Waals surface area contributed by atoms with Crippen LogP contribution in [0.4, 0.5) is 0 Å². The van der Waals surface area contributed by atoms with Gasteiger partial charge in [0.1, 0.15) is 0 Å². The zero-order chi connectivity index (χ0) is 29.7. The maximum atomic E-state index is 4.61. The molecule has 0 fully saturated rings. The zero-order valence-corrected chi connectivity index (χ0v) is 26.2. The zero-order valence-electron chi connectivity index (χ0n) is 24.4. The predicted molar refractivity (Wildman–Crippen MR) is 193 cm³/mol. The first kappa shape index (κ1) is 26.2. The van der Waals surface area contributed by atoms with E-state index < -0.39 is 0 Å². The van der Waals surface area contributed by atoms with Crippen molar-refractivity contribution >= 4 is 56.6 Å². The van der Waals surface area contributed by atoms with Crippen LogP contribution < -0.4 is 0 Å². The van der Waals surface area contributed by atoms with E-state index in [1.165, 1.54) is 85.5 Å². The number of hydrogen-bond donors (Lipinski definition) is 0. The van der Waals surface area contributed by atoms with Gasteiger partial charge in [0.2, 0.25) is 0 Å². The van der Waals surface area contributed by atoms with Crippen molar-refractivity contribution in [1.82, 2.24) is 4.98 Å².